The highest BCUT2D eigenvalue weighted by Gasteiger charge is 2.16. The van der Waals surface area contributed by atoms with Crippen molar-refractivity contribution in [2.75, 3.05) is 39.4 Å². The Morgan fingerprint density at radius 2 is 1.94 bits per heavy atom. The van der Waals surface area contributed by atoms with Crippen LogP contribution in [0.25, 0.3) is 0 Å². The highest BCUT2D eigenvalue weighted by Crippen LogP contribution is 2.17. The van der Waals surface area contributed by atoms with Gasteiger partial charge in [0.1, 0.15) is 0 Å². The molecule has 0 radical (unpaired) electrons. The van der Waals surface area contributed by atoms with E-state index in [1.54, 1.807) is 0 Å². The Morgan fingerprint density at radius 1 is 1.28 bits per heavy atom. The van der Waals surface area contributed by atoms with Crippen LogP contribution in [-0.4, -0.2) is 50.2 Å². The fourth-order valence-electron chi connectivity index (χ4n) is 2.36. The van der Waals surface area contributed by atoms with Gasteiger partial charge in [0.15, 0.2) is 0 Å². The van der Waals surface area contributed by atoms with E-state index in [2.05, 4.69) is 24.1 Å². The fraction of sp³-hybridized carbons (Fsp3) is 0.929. The van der Waals surface area contributed by atoms with E-state index in [9.17, 15) is 4.79 Å². The Labute approximate surface area is 111 Å². The summed E-state index contributed by atoms with van der Waals surface area (Å²) in [5.74, 6) is 0.739. The molecule has 0 aromatic heterocycles. The minimum atomic E-state index is 0.210. The van der Waals surface area contributed by atoms with E-state index in [1.807, 2.05) is 0 Å². The lowest BCUT2D eigenvalue weighted by Gasteiger charge is -2.21. The minimum absolute atomic E-state index is 0.210. The van der Waals surface area contributed by atoms with Gasteiger partial charge in [0.2, 0.25) is 5.91 Å². The smallest absolute Gasteiger partial charge is 0.220 e. The lowest BCUT2D eigenvalue weighted by atomic mass is 9.96. The second-order valence-electron chi connectivity index (χ2n) is 4.99. The average molecular weight is 256 g/mol. The number of rotatable bonds is 8. The first-order chi connectivity index (χ1) is 8.76. The first-order valence-electron chi connectivity index (χ1n) is 7.33. The van der Waals surface area contributed by atoms with Gasteiger partial charge in [0.05, 0.1) is 0 Å². The molecule has 0 bridgehead atoms. The van der Waals surface area contributed by atoms with Crippen molar-refractivity contribution in [3.05, 3.63) is 0 Å². The number of carbonyl (C=O) groups excluding carboxylic acids is 1. The van der Waals surface area contributed by atoms with E-state index in [1.165, 1.54) is 0 Å². The van der Waals surface area contributed by atoms with Crippen molar-refractivity contribution in [2.24, 2.45) is 5.92 Å². The lowest BCUT2D eigenvalue weighted by molar-refractivity contribution is -0.122. The molecular formula is C14H28N2O2. The van der Waals surface area contributed by atoms with Crippen molar-refractivity contribution >= 4 is 5.91 Å². The topological polar surface area (TPSA) is 41.6 Å². The quantitative estimate of drug-likeness (QED) is 0.671. The third-order valence-corrected chi connectivity index (χ3v) is 3.68. The predicted molar refractivity (Wildman–Crippen MR) is 73.6 cm³/mol. The van der Waals surface area contributed by atoms with E-state index in [-0.39, 0.29) is 5.91 Å². The maximum absolute atomic E-state index is 11.7. The Bertz CT molecular complexity index is 224. The first kappa shape index (κ1) is 15.4. The van der Waals surface area contributed by atoms with Crippen LogP contribution in [0.1, 0.15) is 39.5 Å². The van der Waals surface area contributed by atoms with Gasteiger partial charge in [-0.3, -0.25) is 4.79 Å². The minimum Gasteiger partial charge on any atom is -0.381 e. The molecule has 1 amide bonds. The predicted octanol–water partition coefficient (Wildman–Crippen LogP) is 1.65. The Morgan fingerprint density at radius 3 is 2.56 bits per heavy atom. The second-order valence-corrected chi connectivity index (χ2v) is 4.99. The molecule has 1 fully saturated rings. The van der Waals surface area contributed by atoms with Crippen LogP contribution in [-0.2, 0) is 9.53 Å². The molecule has 1 aliphatic heterocycles. The summed E-state index contributed by atoms with van der Waals surface area (Å²) in [6.45, 7) is 10.0. The summed E-state index contributed by atoms with van der Waals surface area (Å²) in [5, 5.41) is 3.03. The molecule has 0 unspecified atom stereocenters. The number of ether oxygens (including phenoxy) is 1. The third kappa shape index (κ3) is 6.36. The van der Waals surface area contributed by atoms with E-state index >= 15 is 0 Å². The molecule has 106 valence electrons. The van der Waals surface area contributed by atoms with Gasteiger partial charge in [-0.15, -0.1) is 0 Å². The molecule has 1 N–H and O–H groups in total. The molecule has 1 rings (SSSR count). The number of nitrogens with zero attached hydrogens (tertiary/aromatic N) is 1. The van der Waals surface area contributed by atoms with Gasteiger partial charge in [-0.2, -0.15) is 0 Å². The van der Waals surface area contributed by atoms with Crippen LogP contribution in [0.5, 0.6) is 0 Å². The fourth-order valence-corrected chi connectivity index (χ4v) is 2.36. The van der Waals surface area contributed by atoms with Crippen LogP contribution in [0.4, 0.5) is 0 Å². The van der Waals surface area contributed by atoms with E-state index in [4.69, 9.17) is 4.74 Å². The van der Waals surface area contributed by atoms with Crippen LogP contribution in [0.3, 0.4) is 0 Å². The Kier molecular flexibility index (Phi) is 8.01. The van der Waals surface area contributed by atoms with Gasteiger partial charge in [-0.1, -0.05) is 13.8 Å². The summed E-state index contributed by atoms with van der Waals surface area (Å²) in [6, 6.07) is 0. The molecule has 1 heterocycles. The van der Waals surface area contributed by atoms with Crippen molar-refractivity contribution in [3.63, 3.8) is 0 Å². The molecule has 0 aliphatic carbocycles. The summed E-state index contributed by atoms with van der Waals surface area (Å²) in [7, 11) is 0. The van der Waals surface area contributed by atoms with Crippen molar-refractivity contribution in [3.8, 4) is 0 Å². The average Bonchev–Trinajstić information content (AvgIpc) is 2.40. The standard InChI is InChI=1S/C14H28N2O2/c1-3-16(4-2)9-5-8-15-14(17)12-13-6-10-18-11-7-13/h13H,3-12H2,1-2H3,(H,15,17). The zero-order valence-corrected chi connectivity index (χ0v) is 11.9. The zero-order valence-electron chi connectivity index (χ0n) is 11.9. The second kappa shape index (κ2) is 9.34. The maximum atomic E-state index is 11.7. The number of amides is 1. The molecule has 4 nitrogen and oxygen atoms in total. The highest BCUT2D eigenvalue weighted by molar-refractivity contribution is 5.76. The summed E-state index contributed by atoms with van der Waals surface area (Å²) in [5.41, 5.74) is 0. The summed E-state index contributed by atoms with van der Waals surface area (Å²) >= 11 is 0. The highest BCUT2D eigenvalue weighted by atomic mass is 16.5. The zero-order chi connectivity index (χ0) is 13.2. The number of nitrogens with one attached hydrogen (secondary N) is 1. The van der Waals surface area contributed by atoms with Crippen LogP contribution in [0.15, 0.2) is 0 Å². The van der Waals surface area contributed by atoms with E-state index in [0.29, 0.717) is 12.3 Å². The normalized spacial score (nSPS) is 17.1. The molecule has 1 saturated heterocycles. The molecule has 4 heteroatoms. The van der Waals surface area contributed by atoms with Gasteiger partial charge in [0.25, 0.3) is 0 Å². The number of hydrogen-bond donors (Lipinski definition) is 1. The van der Waals surface area contributed by atoms with E-state index in [0.717, 1.165) is 58.7 Å². The monoisotopic (exact) mass is 256 g/mol. The molecule has 18 heavy (non-hydrogen) atoms. The molecule has 0 aromatic rings. The van der Waals surface area contributed by atoms with Crippen molar-refractivity contribution in [2.45, 2.75) is 39.5 Å². The van der Waals surface area contributed by atoms with Crippen LogP contribution >= 0.6 is 0 Å². The molecule has 0 spiro atoms. The molecular weight excluding hydrogens is 228 g/mol. The lowest BCUT2D eigenvalue weighted by Crippen LogP contribution is -2.31. The van der Waals surface area contributed by atoms with Crippen molar-refractivity contribution < 1.29 is 9.53 Å². The van der Waals surface area contributed by atoms with Crippen molar-refractivity contribution in [1.29, 1.82) is 0 Å². The molecule has 0 aromatic carbocycles. The molecule has 1 aliphatic rings. The number of carbonyl (C=O) groups is 1. The van der Waals surface area contributed by atoms with Gasteiger partial charge in [-0.25, -0.2) is 0 Å². The SMILES string of the molecule is CCN(CC)CCCNC(=O)CC1CCOCC1. The maximum Gasteiger partial charge on any atom is 0.220 e. The van der Waals surface area contributed by atoms with Gasteiger partial charge in [-0.05, 0) is 44.8 Å². The van der Waals surface area contributed by atoms with Gasteiger partial charge in [0, 0.05) is 26.2 Å². The van der Waals surface area contributed by atoms with Crippen LogP contribution < -0.4 is 5.32 Å². The third-order valence-electron chi connectivity index (χ3n) is 3.68. The van der Waals surface area contributed by atoms with Gasteiger partial charge < -0.3 is 15.0 Å². The Hall–Kier alpha value is -0.610. The molecule has 0 saturated carbocycles. The largest absolute Gasteiger partial charge is 0.381 e. The summed E-state index contributed by atoms with van der Waals surface area (Å²) in [4.78, 5) is 14.1. The summed E-state index contributed by atoms with van der Waals surface area (Å²) in [6.07, 6.45) is 3.79. The Balaban J connectivity index is 2.02. The molecule has 0 atom stereocenters. The van der Waals surface area contributed by atoms with Crippen LogP contribution in [0.2, 0.25) is 0 Å². The van der Waals surface area contributed by atoms with Crippen LogP contribution in [0, 0.1) is 5.92 Å². The van der Waals surface area contributed by atoms with E-state index < -0.39 is 0 Å². The van der Waals surface area contributed by atoms with Crippen molar-refractivity contribution in [1.82, 2.24) is 10.2 Å². The summed E-state index contributed by atoms with van der Waals surface area (Å²) < 4.78 is 5.29. The number of hydrogen-bond acceptors (Lipinski definition) is 3. The first-order valence-corrected chi connectivity index (χ1v) is 7.33. The van der Waals surface area contributed by atoms with Gasteiger partial charge >= 0.3 is 0 Å².